The van der Waals surface area contributed by atoms with E-state index in [0.29, 0.717) is 33.7 Å². The maximum absolute atomic E-state index is 13.5. The first-order valence-electron chi connectivity index (χ1n) is 12.7. The molecule has 0 N–H and O–H groups in total. The van der Waals surface area contributed by atoms with Crippen LogP contribution in [0.2, 0.25) is 0 Å². The first-order valence-corrected chi connectivity index (χ1v) is 13.9. The van der Waals surface area contributed by atoms with E-state index in [1.54, 1.807) is 26.2 Å². The molecule has 1 aliphatic rings. The Morgan fingerprint density at radius 1 is 0.925 bits per heavy atom. The molecule has 9 heteroatoms. The minimum atomic E-state index is -0.111. The van der Waals surface area contributed by atoms with E-state index >= 15 is 0 Å². The number of hydrogen-bond acceptors (Lipinski definition) is 7. The SMILES string of the molecule is COc1ccc(-c2nn(-c3ccccc3)cc2/C=C2\SC(=S)N(CCc3ccc(OC)c(OC)c3)C2=O)cc1C. The number of benzene rings is 3. The van der Waals surface area contributed by atoms with Gasteiger partial charge in [0.25, 0.3) is 5.91 Å². The highest BCUT2D eigenvalue weighted by atomic mass is 32.2. The summed E-state index contributed by atoms with van der Waals surface area (Å²) < 4.78 is 18.6. The summed E-state index contributed by atoms with van der Waals surface area (Å²) in [6, 6.07) is 21.6. The molecule has 0 spiro atoms. The maximum atomic E-state index is 13.5. The van der Waals surface area contributed by atoms with Crippen LogP contribution in [0.3, 0.4) is 0 Å². The van der Waals surface area contributed by atoms with Crippen molar-refractivity contribution in [2.24, 2.45) is 0 Å². The van der Waals surface area contributed by atoms with Crippen molar-refractivity contribution < 1.29 is 19.0 Å². The number of aryl methyl sites for hydroxylation is 1. The topological polar surface area (TPSA) is 65.8 Å². The minimum Gasteiger partial charge on any atom is -0.496 e. The molecule has 1 saturated heterocycles. The average molecular weight is 572 g/mol. The number of rotatable bonds is 9. The van der Waals surface area contributed by atoms with Gasteiger partial charge in [0.1, 0.15) is 15.8 Å². The van der Waals surface area contributed by atoms with E-state index in [9.17, 15) is 4.79 Å². The summed E-state index contributed by atoms with van der Waals surface area (Å²) in [6.07, 6.45) is 4.46. The van der Waals surface area contributed by atoms with Gasteiger partial charge >= 0.3 is 0 Å². The molecule has 2 heterocycles. The highest BCUT2D eigenvalue weighted by Crippen LogP contribution is 2.36. The molecule has 4 aromatic rings. The first kappa shape index (κ1) is 27.5. The lowest BCUT2D eigenvalue weighted by Crippen LogP contribution is -2.30. The number of methoxy groups -OCH3 is 3. The number of ether oxygens (including phenoxy) is 3. The normalized spacial score (nSPS) is 14.2. The number of thiocarbonyl (C=S) groups is 1. The number of aromatic nitrogens is 2. The van der Waals surface area contributed by atoms with Gasteiger partial charge in [-0.2, -0.15) is 5.10 Å². The molecule has 0 saturated carbocycles. The zero-order valence-corrected chi connectivity index (χ0v) is 24.3. The van der Waals surface area contributed by atoms with Crippen molar-refractivity contribution in [3.63, 3.8) is 0 Å². The van der Waals surface area contributed by atoms with Crippen molar-refractivity contribution in [3.05, 3.63) is 94.5 Å². The van der Waals surface area contributed by atoms with Crippen molar-refractivity contribution in [1.82, 2.24) is 14.7 Å². The third kappa shape index (κ3) is 5.61. The van der Waals surface area contributed by atoms with E-state index in [2.05, 4.69) is 0 Å². The lowest BCUT2D eigenvalue weighted by molar-refractivity contribution is -0.122. The Bertz CT molecular complexity index is 1600. The van der Waals surface area contributed by atoms with Crippen LogP contribution < -0.4 is 14.2 Å². The fourth-order valence-corrected chi connectivity index (χ4v) is 5.87. The molecule has 0 atom stereocenters. The van der Waals surface area contributed by atoms with Crippen LogP contribution in [0.1, 0.15) is 16.7 Å². The van der Waals surface area contributed by atoms with Gasteiger partial charge in [0, 0.05) is 23.9 Å². The zero-order chi connectivity index (χ0) is 28.2. The molecule has 7 nitrogen and oxygen atoms in total. The second-order valence-corrected chi connectivity index (χ2v) is 10.8. The Morgan fingerprint density at radius 2 is 1.65 bits per heavy atom. The number of carbonyl (C=O) groups excluding carboxylic acids is 1. The molecule has 0 aliphatic carbocycles. The van der Waals surface area contributed by atoms with Crippen LogP contribution in [0, 0.1) is 6.92 Å². The molecule has 40 heavy (non-hydrogen) atoms. The van der Waals surface area contributed by atoms with Crippen molar-refractivity contribution in [2.75, 3.05) is 27.9 Å². The van der Waals surface area contributed by atoms with Gasteiger partial charge < -0.3 is 14.2 Å². The van der Waals surface area contributed by atoms with Gasteiger partial charge in [-0.3, -0.25) is 9.69 Å². The minimum absolute atomic E-state index is 0.111. The van der Waals surface area contributed by atoms with Gasteiger partial charge in [0.15, 0.2) is 11.5 Å². The Morgan fingerprint density at radius 3 is 2.35 bits per heavy atom. The predicted molar refractivity (Wildman–Crippen MR) is 163 cm³/mol. The van der Waals surface area contributed by atoms with E-state index in [4.69, 9.17) is 31.5 Å². The quantitative estimate of drug-likeness (QED) is 0.172. The number of thioether (sulfide) groups is 1. The fraction of sp³-hybridized carbons (Fsp3) is 0.194. The van der Waals surface area contributed by atoms with Crippen LogP contribution >= 0.6 is 24.0 Å². The summed E-state index contributed by atoms with van der Waals surface area (Å²) in [5, 5.41) is 4.90. The molecule has 0 bridgehead atoms. The smallest absolute Gasteiger partial charge is 0.266 e. The van der Waals surface area contributed by atoms with Crippen molar-refractivity contribution in [1.29, 1.82) is 0 Å². The summed E-state index contributed by atoms with van der Waals surface area (Å²) >= 11 is 6.93. The lowest BCUT2D eigenvalue weighted by atomic mass is 10.0. The maximum Gasteiger partial charge on any atom is 0.266 e. The van der Waals surface area contributed by atoms with E-state index in [-0.39, 0.29) is 5.91 Å². The van der Waals surface area contributed by atoms with E-state index in [1.807, 2.05) is 90.6 Å². The molecule has 1 aliphatic heterocycles. The highest BCUT2D eigenvalue weighted by Gasteiger charge is 2.32. The molecule has 3 aromatic carbocycles. The standard InChI is InChI=1S/C31H29N3O4S2/c1-20-16-22(11-13-25(20)36-2)29-23(19-34(32-29)24-8-6-5-7-9-24)18-28-30(35)33(31(39)40-28)15-14-21-10-12-26(37-3)27(17-21)38-4/h5-13,16-19H,14-15H2,1-4H3/b28-18-. The van der Waals surface area contributed by atoms with Crippen LogP contribution in [-0.4, -0.2) is 52.8 Å². The second-order valence-electron chi connectivity index (χ2n) is 9.17. The van der Waals surface area contributed by atoms with Crippen molar-refractivity contribution in [2.45, 2.75) is 13.3 Å². The van der Waals surface area contributed by atoms with Gasteiger partial charge in [-0.05, 0) is 73.0 Å². The molecule has 0 unspecified atom stereocenters. The molecular weight excluding hydrogens is 542 g/mol. The Balaban J connectivity index is 1.44. The Hall–Kier alpha value is -4.08. The second kappa shape index (κ2) is 12.0. The fourth-order valence-electron chi connectivity index (χ4n) is 4.57. The van der Waals surface area contributed by atoms with Gasteiger partial charge in [-0.25, -0.2) is 4.68 Å². The van der Waals surface area contributed by atoms with Crippen molar-refractivity contribution >= 4 is 40.3 Å². The Labute approximate surface area is 243 Å². The van der Waals surface area contributed by atoms with E-state index < -0.39 is 0 Å². The van der Waals surface area contributed by atoms with Crippen LogP contribution in [0.5, 0.6) is 17.2 Å². The van der Waals surface area contributed by atoms with Crippen LogP contribution in [-0.2, 0) is 11.2 Å². The summed E-state index contributed by atoms with van der Waals surface area (Å²) in [5.74, 6) is 2.02. The zero-order valence-electron chi connectivity index (χ0n) is 22.7. The molecular formula is C31H29N3O4S2. The number of para-hydroxylation sites is 1. The highest BCUT2D eigenvalue weighted by molar-refractivity contribution is 8.26. The molecule has 1 fully saturated rings. The Kier molecular flexibility index (Phi) is 8.23. The number of hydrogen-bond donors (Lipinski definition) is 0. The third-order valence-corrected chi connectivity index (χ3v) is 8.04. The molecule has 1 aromatic heterocycles. The molecule has 204 valence electrons. The number of nitrogens with zero attached hydrogens (tertiary/aromatic N) is 3. The number of carbonyl (C=O) groups is 1. The summed E-state index contributed by atoms with van der Waals surface area (Å²) in [7, 11) is 4.87. The predicted octanol–water partition coefficient (Wildman–Crippen LogP) is 6.32. The van der Waals surface area contributed by atoms with Crippen LogP contribution in [0.4, 0.5) is 0 Å². The van der Waals surface area contributed by atoms with Gasteiger partial charge in [0.05, 0.1) is 31.9 Å². The van der Waals surface area contributed by atoms with Gasteiger partial charge in [0.2, 0.25) is 0 Å². The first-order chi connectivity index (χ1) is 19.4. The summed E-state index contributed by atoms with van der Waals surface area (Å²) in [5.41, 5.74) is 5.48. The molecule has 1 amide bonds. The van der Waals surface area contributed by atoms with Crippen LogP contribution in [0.15, 0.2) is 77.8 Å². The van der Waals surface area contributed by atoms with E-state index in [1.165, 1.54) is 11.8 Å². The van der Waals surface area contributed by atoms with Gasteiger partial charge in [-0.15, -0.1) is 0 Å². The number of amides is 1. The van der Waals surface area contributed by atoms with Gasteiger partial charge in [-0.1, -0.05) is 48.2 Å². The molecule has 0 radical (unpaired) electrons. The third-order valence-electron chi connectivity index (χ3n) is 6.66. The van der Waals surface area contributed by atoms with Crippen molar-refractivity contribution in [3.8, 4) is 34.2 Å². The summed E-state index contributed by atoms with van der Waals surface area (Å²) in [6.45, 7) is 2.46. The molecule has 5 rings (SSSR count). The van der Waals surface area contributed by atoms with E-state index in [0.717, 1.165) is 39.4 Å². The largest absolute Gasteiger partial charge is 0.496 e. The van der Waals surface area contributed by atoms with Crippen LogP contribution in [0.25, 0.3) is 23.0 Å². The monoisotopic (exact) mass is 571 g/mol. The summed E-state index contributed by atoms with van der Waals surface area (Å²) in [4.78, 5) is 15.7. The lowest BCUT2D eigenvalue weighted by Gasteiger charge is -2.15. The average Bonchev–Trinajstić information content (AvgIpc) is 3.52.